The fraction of sp³-hybridized carbons (Fsp3) is 0.167. The van der Waals surface area contributed by atoms with Crippen molar-refractivity contribution in [2.45, 2.75) is 19.9 Å². The van der Waals surface area contributed by atoms with E-state index in [9.17, 15) is 0 Å². The van der Waals surface area contributed by atoms with Crippen molar-refractivity contribution in [2.75, 3.05) is 10.6 Å². The van der Waals surface area contributed by atoms with Gasteiger partial charge in [-0.1, -0.05) is 48.9 Å². The number of rotatable bonds is 5. The summed E-state index contributed by atoms with van der Waals surface area (Å²) >= 11 is 11.4. The van der Waals surface area contributed by atoms with E-state index in [-0.39, 0.29) is 0 Å². The van der Waals surface area contributed by atoms with Gasteiger partial charge in [0, 0.05) is 10.7 Å². The molecule has 25 heavy (non-hydrogen) atoms. The zero-order valence-electron chi connectivity index (χ0n) is 13.7. The van der Waals surface area contributed by atoms with Gasteiger partial charge < -0.3 is 5.32 Å². The molecule has 0 aliphatic heterocycles. The molecule has 1 aromatic heterocycles. The molecule has 0 radical (unpaired) electrons. The number of para-hydroxylation sites is 1. The standard InChI is InChI=1S/C18H18ClN5S/c1-2-14-7-3-4-9-16(14)21-18(25)22-17-20-12-24(23-17)11-13-6-5-8-15(19)10-13/h3-10,12H,2,11H2,1H3,(H2,21,22,23,25). The number of halogens is 1. The van der Waals surface area contributed by atoms with Crippen LogP contribution in [0.4, 0.5) is 11.6 Å². The van der Waals surface area contributed by atoms with E-state index in [0.717, 1.165) is 17.7 Å². The molecular formula is C18H18ClN5S. The van der Waals surface area contributed by atoms with Crippen molar-refractivity contribution in [2.24, 2.45) is 0 Å². The third-order valence-corrected chi connectivity index (χ3v) is 4.08. The lowest BCUT2D eigenvalue weighted by molar-refractivity contribution is 0.687. The van der Waals surface area contributed by atoms with E-state index in [0.29, 0.717) is 22.6 Å². The maximum atomic E-state index is 6.00. The highest BCUT2D eigenvalue weighted by Gasteiger charge is 2.06. The molecule has 0 unspecified atom stereocenters. The minimum absolute atomic E-state index is 0.452. The number of nitrogens with zero attached hydrogens (tertiary/aromatic N) is 3. The van der Waals surface area contributed by atoms with Gasteiger partial charge in [-0.25, -0.2) is 9.67 Å². The van der Waals surface area contributed by atoms with Gasteiger partial charge in [0.05, 0.1) is 6.54 Å². The molecule has 0 amide bonds. The van der Waals surface area contributed by atoms with Crippen LogP contribution in [-0.4, -0.2) is 19.9 Å². The summed E-state index contributed by atoms with van der Waals surface area (Å²) < 4.78 is 1.73. The first-order valence-corrected chi connectivity index (χ1v) is 8.72. The minimum Gasteiger partial charge on any atom is -0.332 e. The summed E-state index contributed by atoms with van der Waals surface area (Å²) in [5.41, 5.74) is 3.24. The Kier molecular flexibility index (Phi) is 5.63. The molecule has 3 rings (SSSR count). The Morgan fingerprint density at radius 1 is 1.16 bits per heavy atom. The summed E-state index contributed by atoms with van der Waals surface area (Å²) in [6, 6.07) is 15.7. The van der Waals surface area contributed by atoms with Crippen LogP contribution in [0.15, 0.2) is 54.9 Å². The summed E-state index contributed by atoms with van der Waals surface area (Å²) in [6.07, 6.45) is 2.59. The van der Waals surface area contributed by atoms with Crippen molar-refractivity contribution in [3.8, 4) is 0 Å². The summed E-state index contributed by atoms with van der Waals surface area (Å²) in [6.45, 7) is 2.70. The molecule has 0 bridgehead atoms. The zero-order valence-corrected chi connectivity index (χ0v) is 15.3. The first-order valence-electron chi connectivity index (χ1n) is 7.94. The molecule has 0 saturated carbocycles. The number of nitrogens with one attached hydrogen (secondary N) is 2. The second kappa shape index (κ2) is 8.09. The molecule has 7 heteroatoms. The van der Waals surface area contributed by atoms with Crippen molar-refractivity contribution in [3.05, 3.63) is 71.0 Å². The highest BCUT2D eigenvalue weighted by Crippen LogP contribution is 2.16. The van der Waals surface area contributed by atoms with Crippen LogP contribution in [0, 0.1) is 0 Å². The van der Waals surface area contributed by atoms with Crippen LogP contribution in [0.5, 0.6) is 0 Å². The van der Waals surface area contributed by atoms with Crippen molar-refractivity contribution in [3.63, 3.8) is 0 Å². The van der Waals surface area contributed by atoms with Gasteiger partial charge in [-0.3, -0.25) is 5.32 Å². The molecule has 5 nitrogen and oxygen atoms in total. The predicted molar refractivity (Wildman–Crippen MR) is 106 cm³/mol. The highest BCUT2D eigenvalue weighted by atomic mass is 35.5. The number of hydrogen-bond donors (Lipinski definition) is 2. The van der Waals surface area contributed by atoms with Gasteiger partial charge in [-0.2, -0.15) is 0 Å². The maximum Gasteiger partial charge on any atom is 0.248 e. The second-order valence-electron chi connectivity index (χ2n) is 5.49. The molecule has 0 atom stereocenters. The number of hydrogen-bond acceptors (Lipinski definition) is 3. The van der Waals surface area contributed by atoms with E-state index in [1.807, 2.05) is 42.5 Å². The Balaban J connectivity index is 1.62. The normalized spacial score (nSPS) is 10.5. The van der Waals surface area contributed by atoms with Crippen molar-refractivity contribution >= 4 is 40.6 Å². The van der Waals surface area contributed by atoms with Crippen LogP contribution in [0.2, 0.25) is 5.02 Å². The van der Waals surface area contributed by atoms with Crippen LogP contribution in [-0.2, 0) is 13.0 Å². The van der Waals surface area contributed by atoms with Crippen molar-refractivity contribution in [1.82, 2.24) is 14.8 Å². The van der Waals surface area contributed by atoms with E-state index in [4.69, 9.17) is 23.8 Å². The Hall–Kier alpha value is -2.44. The Labute approximate surface area is 157 Å². The van der Waals surface area contributed by atoms with E-state index in [1.54, 1.807) is 11.0 Å². The maximum absolute atomic E-state index is 6.00. The third kappa shape index (κ3) is 4.78. The van der Waals surface area contributed by atoms with Crippen LogP contribution < -0.4 is 10.6 Å². The summed E-state index contributed by atoms with van der Waals surface area (Å²) in [5.74, 6) is 0.452. The number of thiocarbonyl (C=S) groups is 1. The molecule has 0 aliphatic rings. The lowest BCUT2D eigenvalue weighted by Crippen LogP contribution is -2.20. The molecule has 2 aromatic carbocycles. The molecule has 3 aromatic rings. The first-order chi connectivity index (χ1) is 12.1. The van der Waals surface area contributed by atoms with E-state index < -0.39 is 0 Å². The largest absolute Gasteiger partial charge is 0.332 e. The molecule has 0 fully saturated rings. The van der Waals surface area contributed by atoms with Gasteiger partial charge in [0.2, 0.25) is 5.95 Å². The van der Waals surface area contributed by atoms with Gasteiger partial charge in [0.25, 0.3) is 0 Å². The summed E-state index contributed by atoms with van der Waals surface area (Å²) in [7, 11) is 0. The summed E-state index contributed by atoms with van der Waals surface area (Å²) in [5, 5.41) is 11.7. The Morgan fingerprint density at radius 2 is 2.00 bits per heavy atom. The van der Waals surface area contributed by atoms with Gasteiger partial charge in [-0.05, 0) is 48.0 Å². The molecule has 0 spiro atoms. The van der Waals surface area contributed by atoms with Gasteiger partial charge in [0.15, 0.2) is 5.11 Å². The highest BCUT2D eigenvalue weighted by molar-refractivity contribution is 7.80. The average Bonchev–Trinajstić information content (AvgIpc) is 3.02. The smallest absolute Gasteiger partial charge is 0.248 e. The van der Waals surface area contributed by atoms with Crippen LogP contribution in [0.1, 0.15) is 18.1 Å². The minimum atomic E-state index is 0.452. The summed E-state index contributed by atoms with van der Waals surface area (Å²) in [4.78, 5) is 4.24. The third-order valence-electron chi connectivity index (χ3n) is 3.64. The predicted octanol–water partition coefficient (Wildman–Crippen LogP) is 4.35. The number of benzene rings is 2. The average molecular weight is 372 g/mol. The van der Waals surface area contributed by atoms with E-state index >= 15 is 0 Å². The van der Waals surface area contributed by atoms with Crippen LogP contribution in [0.3, 0.4) is 0 Å². The number of aryl methyl sites for hydroxylation is 1. The molecule has 128 valence electrons. The fourth-order valence-corrected chi connectivity index (χ4v) is 2.87. The van der Waals surface area contributed by atoms with E-state index in [1.165, 1.54) is 5.56 Å². The van der Waals surface area contributed by atoms with Gasteiger partial charge in [-0.15, -0.1) is 5.10 Å². The van der Waals surface area contributed by atoms with Gasteiger partial charge in [0.1, 0.15) is 6.33 Å². The molecule has 2 N–H and O–H groups in total. The molecule has 0 saturated heterocycles. The molecular weight excluding hydrogens is 354 g/mol. The molecule has 0 aliphatic carbocycles. The second-order valence-corrected chi connectivity index (χ2v) is 6.33. The zero-order chi connectivity index (χ0) is 17.6. The quantitative estimate of drug-likeness (QED) is 0.653. The molecule has 1 heterocycles. The fourth-order valence-electron chi connectivity index (χ4n) is 2.46. The van der Waals surface area contributed by atoms with Crippen molar-refractivity contribution < 1.29 is 0 Å². The monoisotopic (exact) mass is 371 g/mol. The topological polar surface area (TPSA) is 54.8 Å². The first kappa shape index (κ1) is 17.4. The van der Waals surface area contributed by atoms with Crippen LogP contribution in [0.25, 0.3) is 0 Å². The number of aromatic nitrogens is 3. The van der Waals surface area contributed by atoms with Crippen molar-refractivity contribution in [1.29, 1.82) is 0 Å². The SMILES string of the molecule is CCc1ccccc1NC(=S)Nc1ncn(Cc2cccc(Cl)c2)n1. The Morgan fingerprint density at radius 3 is 2.80 bits per heavy atom. The van der Waals surface area contributed by atoms with E-state index in [2.05, 4.69) is 33.7 Å². The van der Waals surface area contributed by atoms with Crippen LogP contribution >= 0.6 is 23.8 Å². The lowest BCUT2D eigenvalue weighted by atomic mass is 10.1. The van der Waals surface area contributed by atoms with Gasteiger partial charge >= 0.3 is 0 Å². The number of anilines is 2. The Bertz CT molecular complexity index is 877. The lowest BCUT2D eigenvalue weighted by Gasteiger charge is -2.11.